The lowest BCUT2D eigenvalue weighted by atomic mass is 10.1. The average Bonchev–Trinajstić information content (AvgIpc) is 2.97. The van der Waals surface area contributed by atoms with Gasteiger partial charge in [0.15, 0.2) is 4.34 Å². The van der Waals surface area contributed by atoms with Crippen molar-refractivity contribution in [2.75, 3.05) is 21.6 Å². The average molecular weight is 415 g/mol. The molecule has 2 rings (SSSR count). The first-order valence-electron chi connectivity index (χ1n) is 7.97. The molecular formula is C16H22N4O3S3. The van der Waals surface area contributed by atoms with E-state index in [0.717, 1.165) is 31.8 Å². The molecule has 7 nitrogen and oxygen atoms in total. The van der Waals surface area contributed by atoms with Crippen LogP contribution in [0.25, 0.3) is 0 Å². The number of thioether (sulfide) groups is 1. The summed E-state index contributed by atoms with van der Waals surface area (Å²) in [5, 5.41) is 10.9. The van der Waals surface area contributed by atoms with Crippen molar-refractivity contribution in [1.82, 2.24) is 10.2 Å². The molecule has 0 radical (unpaired) electrons. The minimum absolute atomic E-state index is 0.353. The molecule has 1 amide bonds. The first-order chi connectivity index (χ1) is 12.1. The Morgan fingerprint density at radius 1 is 1.31 bits per heavy atom. The second-order valence-electron chi connectivity index (χ2n) is 5.80. The van der Waals surface area contributed by atoms with Crippen molar-refractivity contribution in [3.8, 4) is 0 Å². The van der Waals surface area contributed by atoms with E-state index in [1.807, 2.05) is 26.8 Å². The highest BCUT2D eigenvalue weighted by Crippen LogP contribution is 2.27. The van der Waals surface area contributed by atoms with E-state index in [-0.39, 0.29) is 0 Å². The van der Waals surface area contributed by atoms with Gasteiger partial charge in [0.25, 0.3) is 0 Å². The van der Waals surface area contributed by atoms with Gasteiger partial charge in [-0.3, -0.25) is 14.4 Å². The van der Waals surface area contributed by atoms with Gasteiger partial charge in [0, 0.05) is 0 Å². The number of hydrogen-bond donors (Lipinski definition) is 1. The molecule has 0 fully saturated rings. The van der Waals surface area contributed by atoms with E-state index in [2.05, 4.69) is 15.5 Å². The molecule has 0 aliphatic carbocycles. The maximum absolute atomic E-state index is 12.6. The van der Waals surface area contributed by atoms with Crippen LogP contribution in [0.1, 0.15) is 25.0 Å². The van der Waals surface area contributed by atoms with Crippen molar-refractivity contribution in [3.63, 3.8) is 0 Å². The lowest BCUT2D eigenvalue weighted by molar-refractivity contribution is -0.116. The number of amides is 1. The summed E-state index contributed by atoms with van der Waals surface area (Å²) in [4.78, 5) is 12.6. The van der Waals surface area contributed by atoms with E-state index < -0.39 is 22.0 Å². The van der Waals surface area contributed by atoms with Crippen molar-refractivity contribution in [2.45, 2.75) is 38.1 Å². The van der Waals surface area contributed by atoms with Gasteiger partial charge < -0.3 is 0 Å². The fraction of sp³-hybridized carbons (Fsp3) is 0.438. The predicted molar refractivity (Wildman–Crippen MR) is 108 cm³/mol. The second-order valence-corrected chi connectivity index (χ2v) is 10.1. The quantitative estimate of drug-likeness (QED) is 0.553. The number of sulfonamides is 1. The van der Waals surface area contributed by atoms with Crippen molar-refractivity contribution in [2.24, 2.45) is 0 Å². The molecule has 0 saturated heterocycles. The summed E-state index contributed by atoms with van der Waals surface area (Å²) >= 11 is 2.79. The van der Waals surface area contributed by atoms with E-state index >= 15 is 0 Å². The van der Waals surface area contributed by atoms with Crippen LogP contribution in [0.4, 0.5) is 10.8 Å². The molecule has 26 heavy (non-hydrogen) atoms. The van der Waals surface area contributed by atoms with E-state index in [1.165, 1.54) is 23.1 Å². The maximum atomic E-state index is 12.6. The molecule has 1 N–H and O–H groups in total. The molecule has 142 valence electrons. The van der Waals surface area contributed by atoms with Crippen LogP contribution in [0.15, 0.2) is 22.5 Å². The van der Waals surface area contributed by atoms with Gasteiger partial charge in [-0.05, 0) is 49.8 Å². The largest absolute Gasteiger partial charge is 0.299 e. The van der Waals surface area contributed by atoms with Gasteiger partial charge in [0.2, 0.25) is 21.1 Å². The molecule has 1 heterocycles. The molecule has 1 aromatic carbocycles. The predicted octanol–water partition coefficient (Wildman–Crippen LogP) is 3.06. The van der Waals surface area contributed by atoms with Gasteiger partial charge in [-0.15, -0.1) is 10.2 Å². The fourth-order valence-corrected chi connectivity index (χ4v) is 5.14. The second kappa shape index (κ2) is 8.36. The number of nitrogens with one attached hydrogen (secondary N) is 1. The molecular weight excluding hydrogens is 392 g/mol. The molecule has 0 aliphatic rings. The van der Waals surface area contributed by atoms with Crippen LogP contribution >= 0.6 is 23.1 Å². The van der Waals surface area contributed by atoms with Gasteiger partial charge in [0.1, 0.15) is 6.04 Å². The molecule has 0 spiro atoms. The minimum atomic E-state index is -3.65. The number of carbonyl (C=O) groups is 1. The highest BCUT2D eigenvalue weighted by atomic mass is 32.2. The van der Waals surface area contributed by atoms with Crippen LogP contribution in [0.2, 0.25) is 0 Å². The Balaban J connectivity index is 2.26. The summed E-state index contributed by atoms with van der Waals surface area (Å²) in [5.74, 6) is 0.394. The highest BCUT2D eigenvalue weighted by Gasteiger charge is 2.30. The summed E-state index contributed by atoms with van der Waals surface area (Å²) in [6, 6.07) is 4.38. The van der Waals surface area contributed by atoms with E-state index in [1.54, 1.807) is 19.1 Å². The number of rotatable bonds is 7. The fourth-order valence-electron chi connectivity index (χ4n) is 2.32. The standard InChI is InChI=1S/C16H22N4O3S3/c1-6-24-16-19-18-15(25-16)17-14(21)12(4)20(26(5,22)23)13-8-7-10(2)11(3)9-13/h7-9,12H,6H2,1-5H3,(H,17,18,21)/t12-/m0/s1. The zero-order valence-corrected chi connectivity index (χ0v) is 17.8. The minimum Gasteiger partial charge on any atom is -0.299 e. The van der Waals surface area contributed by atoms with Crippen LogP contribution in [0, 0.1) is 13.8 Å². The lowest BCUT2D eigenvalue weighted by Crippen LogP contribution is -2.45. The number of aryl methyl sites for hydroxylation is 2. The number of aromatic nitrogens is 2. The third-order valence-corrected chi connectivity index (χ3v) is 6.83. The summed E-state index contributed by atoms with van der Waals surface area (Å²) in [5.41, 5.74) is 2.46. The number of benzene rings is 1. The molecule has 10 heteroatoms. The maximum Gasteiger partial charge on any atom is 0.249 e. The van der Waals surface area contributed by atoms with Crippen LogP contribution < -0.4 is 9.62 Å². The number of carbonyl (C=O) groups excluding carboxylic acids is 1. The normalized spacial score (nSPS) is 12.7. The van der Waals surface area contributed by atoms with Crippen molar-refractivity contribution in [1.29, 1.82) is 0 Å². The lowest BCUT2D eigenvalue weighted by Gasteiger charge is -2.28. The highest BCUT2D eigenvalue weighted by molar-refractivity contribution is 8.01. The third-order valence-electron chi connectivity index (χ3n) is 3.74. The zero-order valence-electron chi connectivity index (χ0n) is 15.3. The topological polar surface area (TPSA) is 92.3 Å². The monoisotopic (exact) mass is 414 g/mol. The van der Waals surface area contributed by atoms with Crippen molar-refractivity contribution in [3.05, 3.63) is 29.3 Å². The molecule has 1 aromatic heterocycles. The number of hydrogen-bond acceptors (Lipinski definition) is 7. The Labute approximate surface area is 162 Å². The summed E-state index contributed by atoms with van der Waals surface area (Å²) < 4.78 is 26.5. The number of nitrogens with zero attached hydrogens (tertiary/aromatic N) is 3. The van der Waals surface area contributed by atoms with Crippen LogP contribution in [0.3, 0.4) is 0 Å². The van der Waals surface area contributed by atoms with E-state index in [0.29, 0.717) is 10.8 Å². The third kappa shape index (κ3) is 4.95. The van der Waals surface area contributed by atoms with Gasteiger partial charge >= 0.3 is 0 Å². The SMILES string of the molecule is CCSc1nnc(NC(=O)[C@H](C)N(c2ccc(C)c(C)c2)S(C)(=O)=O)s1. The molecule has 0 aliphatic heterocycles. The van der Waals surface area contributed by atoms with Gasteiger partial charge in [0.05, 0.1) is 11.9 Å². The summed E-state index contributed by atoms with van der Waals surface area (Å²) in [7, 11) is -3.65. The molecule has 0 bridgehead atoms. The van der Waals surface area contributed by atoms with Crippen molar-refractivity contribution >= 4 is 49.8 Å². The Hall–Kier alpha value is -1.65. The van der Waals surface area contributed by atoms with Crippen molar-refractivity contribution < 1.29 is 13.2 Å². The van der Waals surface area contributed by atoms with Crippen LogP contribution in [0.5, 0.6) is 0 Å². The Kier molecular flexibility index (Phi) is 6.64. The number of anilines is 2. The molecule has 0 unspecified atom stereocenters. The van der Waals surface area contributed by atoms with E-state index in [9.17, 15) is 13.2 Å². The molecule has 2 aromatic rings. The molecule has 1 atom stereocenters. The van der Waals surface area contributed by atoms with Gasteiger partial charge in [-0.1, -0.05) is 36.1 Å². The summed E-state index contributed by atoms with van der Waals surface area (Å²) in [6.07, 6.45) is 1.09. The first-order valence-corrected chi connectivity index (χ1v) is 11.6. The zero-order chi connectivity index (χ0) is 19.5. The van der Waals surface area contributed by atoms with E-state index in [4.69, 9.17) is 0 Å². The molecule has 0 saturated carbocycles. The van der Waals surface area contributed by atoms with Gasteiger partial charge in [-0.25, -0.2) is 8.42 Å². The smallest absolute Gasteiger partial charge is 0.249 e. The van der Waals surface area contributed by atoms with Gasteiger partial charge in [-0.2, -0.15) is 0 Å². The Morgan fingerprint density at radius 3 is 2.58 bits per heavy atom. The Morgan fingerprint density at radius 2 is 2.00 bits per heavy atom. The van der Waals surface area contributed by atoms with Crippen LogP contribution in [-0.4, -0.2) is 42.6 Å². The Bertz CT molecular complexity index is 896. The summed E-state index contributed by atoms with van der Waals surface area (Å²) in [6.45, 7) is 7.40. The first kappa shape index (κ1) is 20.7. The van der Waals surface area contributed by atoms with Crippen LogP contribution in [-0.2, 0) is 14.8 Å².